The van der Waals surface area contributed by atoms with Crippen LogP contribution in [0, 0.1) is 17.3 Å². The van der Waals surface area contributed by atoms with E-state index in [9.17, 15) is 9.59 Å². The highest BCUT2D eigenvalue weighted by Gasteiger charge is 2.65. The Kier molecular flexibility index (Phi) is 3.98. The molecule has 0 aromatic heterocycles. The van der Waals surface area contributed by atoms with E-state index in [0.29, 0.717) is 5.33 Å². The molecule has 0 bridgehead atoms. The number of Topliss-reactive ketones (excluding diaryl/α,β-unsaturated/α-hetero) is 1. The van der Waals surface area contributed by atoms with Crippen LogP contribution in [0.1, 0.15) is 13.8 Å². The van der Waals surface area contributed by atoms with E-state index in [0.717, 1.165) is 0 Å². The van der Waals surface area contributed by atoms with Gasteiger partial charge in [-0.2, -0.15) is 0 Å². The summed E-state index contributed by atoms with van der Waals surface area (Å²) >= 11 is 6.48. The first-order valence-corrected chi connectivity index (χ1v) is 6.72. The molecule has 1 saturated carbocycles. The molecular formula is C10H14Br2O3. The molecule has 0 amide bonds. The maximum Gasteiger partial charge on any atom is 0.309 e. The van der Waals surface area contributed by atoms with E-state index in [2.05, 4.69) is 31.9 Å². The van der Waals surface area contributed by atoms with Gasteiger partial charge >= 0.3 is 5.97 Å². The van der Waals surface area contributed by atoms with Gasteiger partial charge in [0.25, 0.3) is 0 Å². The van der Waals surface area contributed by atoms with Gasteiger partial charge in [-0.15, -0.1) is 0 Å². The molecule has 0 spiro atoms. The van der Waals surface area contributed by atoms with Crippen molar-refractivity contribution in [1.82, 2.24) is 0 Å². The average molecular weight is 342 g/mol. The molecule has 0 aromatic rings. The Morgan fingerprint density at radius 1 is 1.47 bits per heavy atom. The topological polar surface area (TPSA) is 43.4 Å². The molecule has 3 nitrogen and oxygen atoms in total. The fraction of sp³-hybridized carbons (Fsp3) is 0.800. The average Bonchev–Trinajstić information content (AvgIpc) is 2.78. The zero-order valence-electron chi connectivity index (χ0n) is 8.92. The number of alkyl halides is 2. The monoisotopic (exact) mass is 340 g/mol. The summed E-state index contributed by atoms with van der Waals surface area (Å²) in [6, 6.07) is 0. The number of carbonyl (C=O) groups is 2. The normalized spacial score (nSPS) is 29.4. The first-order valence-electron chi connectivity index (χ1n) is 4.68. The third-order valence-corrected chi connectivity index (χ3v) is 4.75. The van der Waals surface area contributed by atoms with Gasteiger partial charge in [-0.1, -0.05) is 45.7 Å². The van der Waals surface area contributed by atoms with Gasteiger partial charge in [0.1, 0.15) is 0 Å². The van der Waals surface area contributed by atoms with Crippen molar-refractivity contribution in [3.8, 4) is 0 Å². The molecule has 0 aliphatic heterocycles. The van der Waals surface area contributed by atoms with E-state index in [4.69, 9.17) is 4.74 Å². The summed E-state index contributed by atoms with van der Waals surface area (Å²) in [6.45, 7) is 3.96. The number of rotatable bonds is 4. The Morgan fingerprint density at radius 2 is 2.00 bits per heavy atom. The van der Waals surface area contributed by atoms with Crippen molar-refractivity contribution in [2.45, 2.75) is 18.7 Å². The molecule has 3 atom stereocenters. The Balaban J connectivity index is 2.74. The number of ketones is 1. The van der Waals surface area contributed by atoms with Crippen LogP contribution in [-0.4, -0.2) is 29.0 Å². The van der Waals surface area contributed by atoms with Crippen molar-refractivity contribution in [1.29, 1.82) is 0 Å². The summed E-state index contributed by atoms with van der Waals surface area (Å²) in [6.07, 6.45) is 0. The molecule has 86 valence electrons. The Labute approximate surface area is 106 Å². The van der Waals surface area contributed by atoms with Gasteiger partial charge in [0.15, 0.2) is 5.78 Å². The lowest BCUT2D eigenvalue weighted by Crippen LogP contribution is -2.20. The third-order valence-electron chi connectivity index (χ3n) is 3.12. The molecule has 1 rings (SSSR count). The smallest absolute Gasteiger partial charge is 0.309 e. The minimum atomic E-state index is -0.268. The number of hydrogen-bond acceptors (Lipinski definition) is 3. The molecular weight excluding hydrogens is 328 g/mol. The summed E-state index contributed by atoms with van der Waals surface area (Å²) in [7, 11) is 1.38. The second-order valence-corrected chi connectivity index (χ2v) is 5.90. The van der Waals surface area contributed by atoms with E-state index in [-0.39, 0.29) is 33.8 Å². The quantitative estimate of drug-likeness (QED) is 0.581. The van der Waals surface area contributed by atoms with Crippen molar-refractivity contribution < 1.29 is 14.3 Å². The number of hydrogen-bond donors (Lipinski definition) is 0. The van der Waals surface area contributed by atoms with Gasteiger partial charge in [-0.25, -0.2) is 0 Å². The number of methoxy groups -OCH3 is 1. The van der Waals surface area contributed by atoms with Gasteiger partial charge in [0.05, 0.1) is 23.2 Å². The first kappa shape index (κ1) is 13.2. The van der Waals surface area contributed by atoms with Crippen LogP contribution in [0.25, 0.3) is 0 Å². The van der Waals surface area contributed by atoms with Crippen LogP contribution in [-0.2, 0) is 14.3 Å². The Bertz CT molecular complexity index is 288. The van der Waals surface area contributed by atoms with E-state index in [1.807, 2.05) is 13.8 Å². The van der Waals surface area contributed by atoms with Gasteiger partial charge in [0.2, 0.25) is 0 Å². The van der Waals surface area contributed by atoms with Gasteiger partial charge in [-0.05, 0) is 11.3 Å². The van der Waals surface area contributed by atoms with Crippen molar-refractivity contribution >= 4 is 43.6 Å². The zero-order chi connectivity index (χ0) is 11.8. The van der Waals surface area contributed by atoms with Crippen LogP contribution in [0.5, 0.6) is 0 Å². The molecule has 1 aliphatic rings. The minimum Gasteiger partial charge on any atom is -0.469 e. The Morgan fingerprint density at radius 3 is 2.40 bits per heavy atom. The Hall–Kier alpha value is 0.1000. The summed E-state index contributed by atoms with van der Waals surface area (Å²) < 4.78 is 4.72. The number of carbonyl (C=O) groups excluding carboxylic acids is 2. The lowest BCUT2D eigenvalue weighted by Gasteiger charge is -2.07. The predicted molar refractivity (Wildman–Crippen MR) is 64.3 cm³/mol. The number of esters is 1. The second-order valence-electron chi connectivity index (χ2n) is 4.35. The minimum absolute atomic E-state index is 0.0370. The van der Waals surface area contributed by atoms with Crippen molar-refractivity contribution in [3.63, 3.8) is 0 Å². The molecule has 5 heteroatoms. The van der Waals surface area contributed by atoms with E-state index >= 15 is 0 Å². The maximum absolute atomic E-state index is 11.5. The van der Waals surface area contributed by atoms with Gasteiger partial charge in [0, 0.05) is 0 Å². The van der Waals surface area contributed by atoms with E-state index < -0.39 is 0 Å². The van der Waals surface area contributed by atoms with Crippen LogP contribution < -0.4 is 0 Å². The molecule has 1 aliphatic carbocycles. The van der Waals surface area contributed by atoms with Crippen LogP contribution in [0.4, 0.5) is 0 Å². The highest BCUT2D eigenvalue weighted by molar-refractivity contribution is 9.10. The maximum atomic E-state index is 11.5. The van der Waals surface area contributed by atoms with E-state index in [1.165, 1.54) is 7.11 Å². The highest BCUT2D eigenvalue weighted by Crippen LogP contribution is 2.61. The summed E-state index contributed by atoms with van der Waals surface area (Å²) in [5, 5.41) is 0.309. The summed E-state index contributed by atoms with van der Waals surface area (Å²) in [5.74, 6) is -0.291. The lowest BCUT2D eigenvalue weighted by molar-refractivity contribution is -0.143. The molecule has 15 heavy (non-hydrogen) atoms. The zero-order valence-corrected chi connectivity index (χ0v) is 12.1. The molecule has 1 fully saturated rings. The molecule has 3 unspecified atom stereocenters. The number of halogens is 2. The van der Waals surface area contributed by atoms with E-state index in [1.54, 1.807) is 0 Å². The first-order chi connectivity index (χ1) is 6.87. The fourth-order valence-electron chi connectivity index (χ4n) is 2.07. The largest absolute Gasteiger partial charge is 0.469 e. The van der Waals surface area contributed by atoms with Crippen molar-refractivity contribution in [2.24, 2.45) is 17.3 Å². The number of ether oxygens (including phenoxy) is 1. The summed E-state index contributed by atoms with van der Waals surface area (Å²) in [4.78, 5) is 22.7. The standard InChI is InChI=1S/C10H14Br2O3/c1-10(2)6(7(10)9(14)15-3)8(12)5(13)4-11/h6-8H,4H2,1-3H3. The van der Waals surface area contributed by atoms with Crippen LogP contribution in [0.15, 0.2) is 0 Å². The summed E-state index contributed by atoms with van der Waals surface area (Å²) in [5.41, 5.74) is -0.154. The van der Waals surface area contributed by atoms with Crippen LogP contribution in [0.2, 0.25) is 0 Å². The lowest BCUT2D eigenvalue weighted by atomic mass is 10.1. The van der Waals surface area contributed by atoms with Gasteiger partial charge < -0.3 is 4.74 Å². The highest BCUT2D eigenvalue weighted by atomic mass is 79.9. The predicted octanol–water partition coefficient (Wildman–Crippen LogP) is 2.16. The SMILES string of the molecule is COC(=O)C1C(C(Br)C(=O)CBr)C1(C)C. The third kappa shape index (κ3) is 2.28. The van der Waals surface area contributed by atoms with Gasteiger partial charge in [-0.3, -0.25) is 9.59 Å². The van der Waals surface area contributed by atoms with Crippen molar-refractivity contribution in [3.05, 3.63) is 0 Å². The molecule has 0 saturated heterocycles. The molecule has 0 radical (unpaired) electrons. The van der Waals surface area contributed by atoms with Crippen LogP contribution in [0.3, 0.4) is 0 Å². The molecule has 0 aromatic carbocycles. The van der Waals surface area contributed by atoms with Crippen LogP contribution >= 0.6 is 31.9 Å². The fourth-order valence-corrected chi connectivity index (χ4v) is 4.01. The molecule has 0 N–H and O–H groups in total. The van der Waals surface area contributed by atoms with Crippen molar-refractivity contribution in [2.75, 3.05) is 12.4 Å². The second kappa shape index (κ2) is 4.53. The molecule has 0 heterocycles.